The molecule has 0 aromatic heterocycles. The van der Waals surface area contributed by atoms with Crippen molar-refractivity contribution in [2.24, 2.45) is 0 Å². The summed E-state index contributed by atoms with van der Waals surface area (Å²) in [6, 6.07) is 6.54. The SMILES string of the molecule is O=S(=O)(I)CCc1ccc(O)cc1. The molecule has 0 fully saturated rings. The number of hydrogen-bond acceptors (Lipinski definition) is 3. The molecule has 1 rings (SSSR count). The van der Waals surface area contributed by atoms with E-state index in [1.165, 1.54) is 21.2 Å². The minimum Gasteiger partial charge on any atom is -0.508 e. The van der Waals surface area contributed by atoms with Crippen molar-refractivity contribution >= 4 is 28.2 Å². The van der Waals surface area contributed by atoms with Crippen LogP contribution in [0.3, 0.4) is 0 Å². The van der Waals surface area contributed by atoms with Crippen molar-refractivity contribution in [3.05, 3.63) is 29.8 Å². The van der Waals surface area contributed by atoms with Crippen molar-refractivity contribution in [1.29, 1.82) is 0 Å². The monoisotopic (exact) mass is 312 g/mol. The zero-order valence-corrected chi connectivity index (χ0v) is 9.75. The maximum atomic E-state index is 10.8. The molecule has 0 radical (unpaired) electrons. The highest BCUT2D eigenvalue weighted by molar-refractivity contribution is 14.2. The Morgan fingerprint density at radius 2 is 1.77 bits per heavy atom. The molecule has 3 nitrogen and oxygen atoms in total. The Morgan fingerprint density at radius 3 is 2.23 bits per heavy atom. The van der Waals surface area contributed by atoms with E-state index in [9.17, 15) is 8.42 Å². The van der Waals surface area contributed by atoms with Gasteiger partial charge in [0.2, 0.25) is 7.01 Å². The van der Waals surface area contributed by atoms with Gasteiger partial charge in [-0.1, -0.05) is 12.1 Å². The molecule has 5 heteroatoms. The third-order valence-electron chi connectivity index (χ3n) is 1.57. The number of phenolic OH excluding ortho intramolecular Hbond substituents is 1. The number of rotatable bonds is 3. The van der Waals surface area contributed by atoms with Crippen LogP contribution in [-0.4, -0.2) is 19.3 Å². The summed E-state index contributed by atoms with van der Waals surface area (Å²) in [7, 11) is -2.92. The van der Waals surface area contributed by atoms with Crippen molar-refractivity contribution in [2.45, 2.75) is 6.42 Å². The third kappa shape index (κ3) is 4.47. The summed E-state index contributed by atoms with van der Waals surface area (Å²) in [5.41, 5.74) is 0.915. The van der Waals surface area contributed by atoms with Gasteiger partial charge in [-0.15, -0.1) is 0 Å². The minimum atomic E-state index is -2.92. The molecule has 1 N–H and O–H groups in total. The summed E-state index contributed by atoms with van der Waals surface area (Å²) in [6.45, 7) is 0. The van der Waals surface area contributed by atoms with Crippen LogP contribution < -0.4 is 0 Å². The summed E-state index contributed by atoms with van der Waals surface area (Å²) in [5, 5.41) is 8.97. The fourth-order valence-electron chi connectivity index (χ4n) is 0.902. The number of halogens is 1. The van der Waals surface area contributed by atoms with E-state index >= 15 is 0 Å². The van der Waals surface area contributed by atoms with E-state index in [2.05, 4.69) is 0 Å². The first kappa shape index (κ1) is 10.8. The smallest absolute Gasteiger partial charge is 0.203 e. The van der Waals surface area contributed by atoms with Crippen LogP contribution in [0.2, 0.25) is 0 Å². The molecule has 0 bridgehead atoms. The number of benzene rings is 1. The van der Waals surface area contributed by atoms with E-state index in [1.54, 1.807) is 24.3 Å². The Hall–Kier alpha value is -0.300. The van der Waals surface area contributed by atoms with Crippen molar-refractivity contribution < 1.29 is 13.5 Å². The number of aryl methyl sites for hydroxylation is 1. The molecule has 1 aromatic carbocycles. The van der Waals surface area contributed by atoms with Gasteiger partial charge in [-0.2, -0.15) is 0 Å². The van der Waals surface area contributed by atoms with Gasteiger partial charge < -0.3 is 5.11 Å². The van der Waals surface area contributed by atoms with Gasteiger partial charge in [0.1, 0.15) is 5.75 Å². The van der Waals surface area contributed by atoms with E-state index in [-0.39, 0.29) is 11.5 Å². The molecule has 72 valence electrons. The molecular weight excluding hydrogens is 303 g/mol. The predicted octanol–water partition coefficient (Wildman–Crippen LogP) is 1.70. The van der Waals surface area contributed by atoms with Gasteiger partial charge in [0.25, 0.3) is 0 Å². The molecule has 0 aliphatic carbocycles. The Labute approximate surface area is 89.3 Å². The van der Waals surface area contributed by atoms with Crippen LogP contribution in [0.25, 0.3) is 0 Å². The Balaban J connectivity index is 2.61. The normalized spacial score (nSPS) is 11.5. The maximum Gasteiger partial charge on any atom is 0.203 e. The van der Waals surface area contributed by atoms with E-state index in [0.29, 0.717) is 6.42 Å². The molecule has 13 heavy (non-hydrogen) atoms. The standard InChI is InChI=1S/C8H9IO3S/c9-13(11,12)6-5-7-1-3-8(10)4-2-7/h1-4,10H,5-6H2. The zero-order chi connectivity index (χ0) is 9.90. The lowest BCUT2D eigenvalue weighted by atomic mass is 10.2. The molecule has 0 unspecified atom stereocenters. The number of hydrogen-bond donors (Lipinski definition) is 1. The van der Waals surface area contributed by atoms with Gasteiger partial charge >= 0.3 is 0 Å². The summed E-state index contributed by atoms with van der Waals surface area (Å²) in [4.78, 5) is 0. The second-order valence-electron chi connectivity index (χ2n) is 2.66. The van der Waals surface area contributed by atoms with Gasteiger partial charge in [-0.3, -0.25) is 0 Å². The van der Waals surface area contributed by atoms with Gasteiger partial charge in [0, 0.05) is 0 Å². The maximum absolute atomic E-state index is 10.8. The van der Waals surface area contributed by atoms with E-state index < -0.39 is 7.01 Å². The largest absolute Gasteiger partial charge is 0.508 e. The summed E-state index contributed by atoms with van der Waals surface area (Å²) >= 11 is 1.43. The van der Waals surface area contributed by atoms with Gasteiger partial charge in [-0.25, -0.2) is 8.42 Å². The lowest BCUT2D eigenvalue weighted by Gasteiger charge is -1.98. The van der Waals surface area contributed by atoms with Crippen molar-refractivity contribution in [1.82, 2.24) is 0 Å². The average Bonchev–Trinajstić information content (AvgIpc) is 2.02. The fraction of sp³-hybridized carbons (Fsp3) is 0.250. The lowest BCUT2D eigenvalue weighted by molar-refractivity contribution is 0.475. The average molecular weight is 312 g/mol. The minimum absolute atomic E-state index is 0.137. The van der Waals surface area contributed by atoms with Crippen LogP contribution in [0.5, 0.6) is 5.75 Å². The second-order valence-corrected chi connectivity index (χ2v) is 8.17. The first-order valence-corrected chi connectivity index (χ1v) is 7.87. The van der Waals surface area contributed by atoms with Gasteiger partial charge in [0.05, 0.1) is 27.0 Å². The topological polar surface area (TPSA) is 54.4 Å². The summed E-state index contributed by atoms with van der Waals surface area (Å²) in [5.74, 6) is 0.333. The highest BCUT2D eigenvalue weighted by Crippen LogP contribution is 2.12. The molecule has 0 saturated carbocycles. The van der Waals surface area contributed by atoms with Crippen LogP contribution in [0.1, 0.15) is 5.56 Å². The quantitative estimate of drug-likeness (QED) is 0.683. The highest BCUT2D eigenvalue weighted by atomic mass is 127. The van der Waals surface area contributed by atoms with E-state index in [0.717, 1.165) is 5.56 Å². The number of phenols is 1. The number of aromatic hydroxyl groups is 1. The van der Waals surface area contributed by atoms with Crippen molar-refractivity contribution in [2.75, 3.05) is 5.75 Å². The molecule has 0 saturated heterocycles. The molecule has 0 aliphatic heterocycles. The molecule has 0 aliphatic rings. The fourth-order valence-corrected chi connectivity index (χ4v) is 2.04. The molecule has 0 atom stereocenters. The Bertz CT molecular complexity index is 369. The Morgan fingerprint density at radius 1 is 1.23 bits per heavy atom. The second kappa shape index (κ2) is 4.28. The summed E-state index contributed by atoms with van der Waals surface area (Å²) < 4.78 is 21.6. The molecule has 0 heterocycles. The van der Waals surface area contributed by atoms with Crippen LogP contribution >= 0.6 is 21.2 Å². The van der Waals surface area contributed by atoms with Crippen molar-refractivity contribution in [3.8, 4) is 5.75 Å². The molecule has 0 spiro atoms. The van der Waals surface area contributed by atoms with Crippen LogP contribution in [0.4, 0.5) is 0 Å². The van der Waals surface area contributed by atoms with Crippen LogP contribution in [-0.2, 0) is 13.4 Å². The van der Waals surface area contributed by atoms with E-state index in [1.807, 2.05) is 0 Å². The first-order chi connectivity index (χ1) is 5.97. The van der Waals surface area contributed by atoms with Gasteiger partial charge in [0.15, 0.2) is 0 Å². The molecule has 1 aromatic rings. The zero-order valence-electron chi connectivity index (χ0n) is 6.77. The summed E-state index contributed by atoms with van der Waals surface area (Å²) in [6.07, 6.45) is 0.492. The van der Waals surface area contributed by atoms with Crippen LogP contribution in [0.15, 0.2) is 24.3 Å². The first-order valence-electron chi connectivity index (χ1n) is 3.67. The predicted molar refractivity (Wildman–Crippen MR) is 59.6 cm³/mol. The van der Waals surface area contributed by atoms with Gasteiger partial charge in [-0.05, 0) is 24.1 Å². The molecular formula is C8H9IO3S. The van der Waals surface area contributed by atoms with Crippen LogP contribution in [0, 0.1) is 0 Å². The third-order valence-corrected chi connectivity index (χ3v) is 3.58. The molecule has 0 amide bonds. The van der Waals surface area contributed by atoms with E-state index in [4.69, 9.17) is 5.11 Å². The van der Waals surface area contributed by atoms with Crippen molar-refractivity contribution in [3.63, 3.8) is 0 Å². The lowest BCUT2D eigenvalue weighted by Crippen LogP contribution is -1.99. The highest BCUT2D eigenvalue weighted by Gasteiger charge is 2.04. The Kier molecular flexibility index (Phi) is 3.55.